The Morgan fingerprint density at radius 3 is 2.25 bits per heavy atom. The van der Waals surface area contributed by atoms with Crippen LogP contribution in [0.25, 0.3) is 0 Å². The zero-order valence-electron chi connectivity index (χ0n) is 15.0. The molecule has 2 aromatic carbocycles. The molecular weight excluding hydrogens is 384 g/mol. The summed E-state index contributed by atoms with van der Waals surface area (Å²) in [5, 5.41) is 11.4. The Hall–Kier alpha value is -3.13. The molecule has 1 saturated heterocycles. The highest BCUT2D eigenvalue weighted by atomic mass is 35.5. The summed E-state index contributed by atoms with van der Waals surface area (Å²) in [5.74, 6) is -1.21. The van der Waals surface area contributed by atoms with Crippen molar-refractivity contribution < 1.29 is 14.5 Å². The summed E-state index contributed by atoms with van der Waals surface area (Å²) in [6.07, 6.45) is 3.08. The molecule has 0 aliphatic carbocycles. The molecule has 2 N–H and O–H groups in total. The first-order valence-corrected chi connectivity index (χ1v) is 9.24. The third kappa shape index (κ3) is 4.40. The number of benzene rings is 2. The quantitative estimate of drug-likeness (QED) is 0.603. The number of carbonyl (C=O) groups is 2. The van der Waals surface area contributed by atoms with Gasteiger partial charge >= 0.3 is 0 Å². The minimum atomic E-state index is -0.635. The first-order chi connectivity index (χ1) is 13.5. The fraction of sp³-hybridized carbons (Fsp3) is 0.263. The number of hydrazine groups is 1. The molecule has 1 fully saturated rings. The molecule has 0 bridgehead atoms. The summed E-state index contributed by atoms with van der Waals surface area (Å²) in [4.78, 5) is 37.5. The van der Waals surface area contributed by atoms with E-state index < -0.39 is 16.7 Å². The highest BCUT2D eigenvalue weighted by Crippen LogP contribution is 2.28. The molecule has 0 unspecified atom stereocenters. The number of piperidine rings is 1. The van der Waals surface area contributed by atoms with Crippen LogP contribution in [0.3, 0.4) is 0 Å². The number of nitro benzene ring substituents is 1. The van der Waals surface area contributed by atoms with Gasteiger partial charge in [0.1, 0.15) is 0 Å². The van der Waals surface area contributed by atoms with Crippen LogP contribution in [0.4, 0.5) is 11.4 Å². The van der Waals surface area contributed by atoms with Gasteiger partial charge in [-0.3, -0.25) is 30.6 Å². The number of non-ortho nitro benzene ring substituents is 1. The second-order valence-electron chi connectivity index (χ2n) is 6.39. The SMILES string of the molecule is O=C(NNC(=O)c1cc([N+](=O)[O-])ccc1N1CCCCC1)c1ccccc1Cl. The predicted octanol–water partition coefficient (Wildman–Crippen LogP) is 3.31. The van der Waals surface area contributed by atoms with Crippen molar-refractivity contribution >= 4 is 34.8 Å². The lowest BCUT2D eigenvalue weighted by Crippen LogP contribution is -2.42. The van der Waals surface area contributed by atoms with Crippen LogP contribution in [-0.2, 0) is 0 Å². The van der Waals surface area contributed by atoms with E-state index in [1.54, 1.807) is 24.3 Å². The lowest BCUT2D eigenvalue weighted by atomic mass is 10.1. The van der Waals surface area contributed by atoms with Gasteiger partial charge < -0.3 is 4.90 Å². The van der Waals surface area contributed by atoms with E-state index in [0.29, 0.717) is 5.69 Å². The number of carbonyl (C=O) groups excluding carboxylic acids is 2. The highest BCUT2D eigenvalue weighted by Gasteiger charge is 2.22. The van der Waals surface area contributed by atoms with Gasteiger partial charge in [-0.15, -0.1) is 0 Å². The molecule has 0 radical (unpaired) electrons. The summed E-state index contributed by atoms with van der Waals surface area (Å²) < 4.78 is 0. The number of anilines is 1. The molecule has 0 atom stereocenters. The van der Waals surface area contributed by atoms with Crippen molar-refractivity contribution in [1.29, 1.82) is 0 Å². The molecule has 2 aromatic rings. The zero-order chi connectivity index (χ0) is 20.1. The van der Waals surface area contributed by atoms with Crippen molar-refractivity contribution in [3.05, 3.63) is 68.7 Å². The van der Waals surface area contributed by atoms with Gasteiger partial charge in [0, 0.05) is 25.2 Å². The van der Waals surface area contributed by atoms with E-state index in [0.717, 1.165) is 32.4 Å². The van der Waals surface area contributed by atoms with E-state index in [1.165, 1.54) is 18.2 Å². The third-order valence-electron chi connectivity index (χ3n) is 4.54. The summed E-state index contributed by atoms with van der Waals surface area (Å²) in [5.41, 5.74) is 5.39. The van der Waals surface area contributed by atoms with Crippen LogP contribution in [0, 0.1) is 10.1 Å². The van der Waals surface area contributed by atoms with Crippen LogP contribution >= 0.6 is 11.6 Å². The van der Waals surface area contributed by atoms with E-state index in [1.807, 2.05) is 4.90 Å². The Bertz CT molecular complexity index is 913. The fourth-order valence-electron chi connectivity index (χ4n) is 3.12. The van der Waals surface area contributed by atoms with Gasteiger partial charge in [0.2, 0.25) is 0 Å². The minimum Gasteiger partial charge on any atom is -0.371 e. The summed E-state index contributed by atoms with van der Waals surface area (Å²) in [6.45, 7) is 1.54. The maximum atomic E-state index is 12.7. The Morgan fingerprint density at radius 2 is 1.61 bits per heavy atom. The van der Waals surface area contributed by atoms with Crippen LogP contribution in [0.2, 0.25) is 5.02 Å². The number of hydrogen-bond donors (Lipinski definition) is 2. The average Bonchev–Trinajstić information content (AvgIpc) is 2.72. The average molecular weight is 403 g/mol. The van der Waals surface area contributed by atoms with Gasteiger partial charge in [-0.25, -0.2) is 0 Å². The number of hydrogen-bond acceptors (Lipinski definition) is 5. The largest absolute Gasteiger partial charge is 0.371 e. The zero-order valence-corrected chi connectivity index (χ0v) is 15.7. The van der Waals surface area contributed by atoms with E-state index >= 15 is 0 Å². The Morgan fingerprint density at radius 1 is 0.964 bits per heavy atom. The van der Waals surface area contributed by atoms with Gasteiger partial charge in [-0.2, -0.15) is 0 Å². The molecule has 28 heavy (non-hydrogen) atoms. The summed E-state index contributed by atoms with van der Waals surface area (Å²) in [7, 11) is 0. The summed E-state index contributed by atoms with van der Waals surface area (Å²) in [6, 6.07) is 10.6. The highest BCUT2D eigenvalue weighted by molar-refractivity contribution is 6.33. The molecular formula is C19H19ClN4O4. The van der Waals surface area contributed by atoms with Crippen molar-refractivity contribution in [2.45, 2.75) is 19.3 Å². The van der Waals surface area contributed by atoms with E-state index in [4.69, 9.17) is 11.6 Å². The predicted molar refractivity (Wildman–Crippen MR) is 106 cm³/mol. The first kappa shape index (κ1) is 19.6. The molecule has 1 aliphatic heterocycles. The normalized spacial score (nSPS) is 13.7. The maximum Gasteiger partial charge on any atom is 0.272 e. The van der Waals surface area contributed by atoms with Crippen molar-refractivity contribution in [1.82, 2.24) is 10.9 Å². The van der Waals surface area contributed by atoms with Crippen LogP contribution in [-0.4, -0.2) is 29.8 Å². The van der Waals surface area contributed by atoms with Gasteiger partial charge in [-0.05, 0) is 37.5 Å². The Balaban J connectivity index is 1.80. The van der Waals surface area contributed by atoms with E-state index in [2.05, 4.69) is 10.9 Å². The number of nitro groups is 1. The van der Waals surface area contributed by atoms with Gasteiger partial charge in [0.25, 0.3) is 17.5 Å². The standard InChI is InChI=1S/C19H19ClN4O4/c20-16-7-3-2-6-14(16)18(25)21-22-19(26)15-12-13(24(27)28)8-9-17(15)23-10-4-1-5-11-23/h2-3,6-9,12H,1,4-5,10-11H2,(H,21,25)(H,22,26). The van der Waals surface area contributed by atoms with Gasteiger partial charge in [0.05, 0.1) is 26.8 Å². The molecule has 8 nitrogen and oxygen atoms in total. The van der Waals surface area contributed by atoms with Gasteiger partial charge in [-0.1, -0.05) is 23.7 Å². The minimum absolute atomic E-state index is 0.135. The van der Waals surface area contributed by atoms with Crippen LogP contribution in [0.5, 0.6) is 0 Å². The van der Waals surface area contributed by atoms with Crippen LogP contribution in [0.1, 0.15) is 40.0 Å². The first-order valence-electron chi connectivity index (χ1n) is 8.86. The molecule has 2 amide bonds. The molecule has 9 heteroatoms. The lowest BCUT2D eigenvalue weighted by Gasteiger charge is -2.30. The monoisotopic (exact) mass is 402 g/mol. The lowest BCUT2D eigenvalue weighted by molar-refractivity contribution is -0.384. The van der Waals surface area contributed by atoms with Crippen LogP contribution in [0.15, 0.2) is 42.5 Å². The number of nitrogens with zero attached hydrogens (tertiary/aromatic N) is 2. The smallest absolute Gasteiger partial charge is 0.272 e. The van der Waals surface area contributed by atoms with Crippen molar-refractivity contribution in [3.63, 3.8) is 0 Å². The molecule has 1 aliphatic rings. The van der Waals surface area contributed by atoms with Crippen LogP contribution < -0.4 is 15.8 Å². The van der Waals surface area contributed by atoms with Gasteiger partial charge in [0.15, 0.2) is 0 Å². The van der Waals surface area contributed by atoms with Crippen molar-refractivity contribution in [3.8, 4) is 0 Å². The fourth-order valence-corrected chi connectivity index (χ4v) is 3.35. The third-order valence-corrected chi connectivity index (χ3v) is 4.87. The number of nitrogens with one attached hydrogen (secondary N) is 2. The number of halogens is 1. The molecule has 0 saturated carbocycles. The van der Waals surface area contributed by atoms with Crippen molar-refractivity contribution in [2.24, 2.45) is 0 Å². The second kappa shape index (κ2) is 8.71. The van der Waals surface area contributed by atoms with E-state index in [-0.39, 0.29) is 21.8 Å². The number of amides is 2. The topological polar surface area (TPSA) is 105 Å². The molecule has 146 valence electrons. The molecule has 0 spiro atoms. The second-order valence-corrected chi connectivity index (χ2v) is 6.80. The molecule has 3 rings (SSSR count). The Labute approximate surface area is 166 Å². The van der Waals surface area contributed by atoms with Crippen molar-refractivity contribution in [2.75, 3.05) is 18.0 Å². The number of rotatable bonds is 4. The molecule has 1 heterocycles. The van der Waals surface area contributed by atoms with E-state index in [9.17, 15) is 19.7 Å². The Kier molecular flexibility index (Phi) is 6.10. The maximum absolute atomic E-state index is 12.7. The summed E-state index contributed by atoms with van der Waals surface area (Å²) >= 11 is 5.98. The molecule has 0 aromatic heterocycles.